The first-order valence-electron chi connectivity index (χ1n) is 5.08. The van der Waals surface area contributed by atoms with Crippen molar-refractivity contribution in [1.82, 2.24) is 4.98 Å². The molecule has 0 bridgehead atoms. The molecule has 3 aromatic rings. The number of pyridine rings is 1. The number of rotatable bonds is 1. The zero-order valence-corrected chi connectivity index (χ0v) is 10.1. The molecule has 0 saturated carbocycles. The topological polar surface area (TPSA) is 22.1 Å². The van der Waals surface area contributed by atoms with Gasteiger partial charge in [-0.05, 0) is 17.5 Å². The number of fused-ring (bicyclic) bond motifs is 3. The molecule has 0 aliphatic rings. The zero-order valence-electron chi connectivity index (χ0n) is 8.68. The Bertz CT molecular complexity index is 666. The molecule has 16 heavy (non-hydrogen) atoms. The normalized spacial score (nSPS) is 10.8. The monoisotopic (exact) mass is 222 g/mol. The van der Waals surface area contributed by atoms with Crippen LogP contribution in [0.2, 0.25) is 0 Å². The fourth-order valence-electron chi connectivity index (χ4n) is 2.00. The van der Waals surface area contributed by atoms with Gasteiger partial charge in [0.05, 0.1) is 11.3 Å². The first-order chi connectivity index (χ1) is 7.90. The van der Waals surface area contributed by atoms with Crippen molar-refractivity contribution in [3.8, 4) is 5.75 Å². The lowest BCUT2D eigenvalue weighted by molar-refractivity contribution is 0.624. The van der Waals surface area contributed by atoms with Crippen molar-refractivity contribution in [2.24, 2.45) is 0 Å². The third kappa shape index (κ3) is 1.37. The lowest BCUT2D eigenvalue weighted by Gasteiger charge is -2.09. The van der Waals surface area contributed by atoms with Crippen molar-refractivity contribution in [3.05, 3.63) is 48.7 Å². The fraction of sp³-hybridized carbons (Fsp3) is 0. The minimum Gasteiger partial charge on any atom is -0.650 e. The largest absolute Gasteiger partial charge is 0.650 e. The lowest BCUT2D eigenvalue weighted by Crippen LogP contribution is -1.88. The van der Waals surface area contributed by atoms with Crippen LogP contribution in [0, 0.1) is 0 Å². The van der Waals surface area contributed by atoms with E-state index in [1.54, 1.807) is 0 Å². The second kappa shape index (κ2) is 3.79. The molecule has 2 nitrogen and oxygen atoms in total. The van der Waals surface area contributed by atoms with Crippen LogP contribution in [-0.2, 0) is 0 Å². The summed E-state index contributed by atoms with van der Waals surface area (Å²) in [7, 11) is 0. The van der Waals surface area contributed by atoms with E-state index in [1.165, 1.54) is 16.6 Å². The molecule has 1 heterocycles. The fourth-order valence-corrected chi connectivity index (χ4v) is 2.24. The van der Waals surface area contributed by atoms with Gasteiger partial charge in [-0.2, -0.15) is 0 Å². The van der Waals surface area contributed by atoms with Crippen LogP contribution in [0.1, 0.15) is 0 Å². The molecule has 0 aliphatic heterocycles. The summed E-state index contributed by atoms with van der Waals surface area (Å²) in [5.41, 5.74) is 1.00. The van der Waals surface area contributed by atoms with Crippen molar-refractivity contribution in [1.29, 1.82) is 0 Å². The third-order valence-corrected chi connectivity index (χ3v) is 3.04. The second-order valence-electron chi connectivity index (χ2n) is 3.64. The molecule has 0 amide bonds. The highest BCUT2D eigenvalue weighted by Gasteiger charge is 2.05. The van der Waals surface area contributed by atoms with Crippen LogP contribution in [0.4, 0.5) is 0 Å². The molecule has 75 valence electrons. The van der Waals surface area contributed by atoms with Crippen molar-refractivity contribution >= 4 is 38.3 Å². The van der Waals surface area contributed by atoms with E-state index >= 15 is 0 Å². The highest BCUT2D eigenvalue weighted by molar-refractivity contribution is 6.10. The van der Waals surface area contributed by atoms with Crippen molar-refractivity contribution in [2.75, 3.05) is 0 Å². The van der Waals surface area contributed by atoms with E-state index in [9.17, 15) is 0 Å². The summed E-state index contributed by atoms with van der Waals surface area (Å²) >= 11 is 1.49. The predicted molar refractivity (Wildman–Crippen MR) is 67.0 cm³/mol. The Hall–Kier alpha value is -1.56. The van der Waals surface area contributed by atoms with Crippen LogP contribution >= 0.6 is 0 Å². The maximum absolute atomic E-state index is 5.42. The second-order valence-corrected chi connectivity index (χ2v) is 3.93. The molecule has 3 rings (SSSR count). The Morgan fingerprint density at radius 2 is 1.75 bits per heavy atom. The Balaban J connectivity index is 2.57. The van der Waals surface area contributed by atoms with Crippen LogP contribution in [0.15, 0.2) is 48.7 Å². The molecule has 0 saturated heterocycles. The molecular formula is C13H9AlNO. The Morgan fingerprint density at radius 1 is 0.938 bits per heavy atom. The highest BCUT2D eigenvalue weighted by Crippen LogP contribution is 2.31. The van der Waals surface area contributed by atoms with Gasteiger partial charge >= 0.3 is 16.6 Å². The molecule has 0 unspecified atom stereocenters. The number of aromatic nitrogens is 1. The Labute approximate surface area is 102 Å². The minimum atomic E-state index is 0.889. The Morgan fingerprint density at radius 3 is 2.62 bits per heavy atom. The summed E-state index contributed by atoms with van der Waals surface area (Å²) in [6, 6.07) is 14.3. The Kier molecular flexibility index (Phi) is 2.28. The van der Waals surface area contributed by atoms with Gasteiger partial charge in [-0.3, -0.25) is 4.98 Å². The van der Waals surface area contributed by atoms with Crippen molar-refractivity contribution < 1.29 is 3.79 Å². The van der Waals surface area contributed by atoms with E-state index in [-0.39, 0.29) is 0 Å². The van der Waals surface area contributed by atoms with Crippen LogP contribution < -0.4 is 3.79 Å². The molecule has 0 fully saturated rings. The molecule has 1 radical (unpaired) electrons. The minimum absolute atomic E-state index is 0.889. The van der Waals surface area contributed by atoms with Crippen LogP contribution in [0.5, 0.6) is 5.75 Å². The number of benzene rings is 2. The molecule has 2 aromatic carbocycles. The van der Waals surface area contributed by atoms with Crippen LogP contribution in [0.3, 0.4) is 0 Å². The van der Waals surface area contributed by atoms with Gasteiger partial charge in [0.15, 0.2) is 0 Å². The first kappa shape index (κ1) is 9.65. The molecule has 3 heteroatoms. The van der Waals surface area contributed by atoms with Gasteiger partial charge in [0.2, 0.25) is 0 Å². The molecule has 0 spiro atoms. The number of hydrogen-bond acceptors (Lipinski definition) is 2. The first-order valence-corrected chi connectivity index (χ1v) is 5.66. The third-order valence-electron chi connectivity index (χ3n) is 2.73. The summed E-state index contributed by atoms with van der Waals surface area (Å²) in [4.78, 5) is 4.44. The molecule has 1 aromatic heterocycles. The van der Waals surface area contributed by atoms with Gasteiger partial charge in [0.25, 0.3) is 0 Å². The number of hydrogen-bond donors (Lipinski definition) is 0. The van der Waals surface area contributed by atoms with E-state index in [2.05, 4.69) is 29.2 Å². The van der Waals surface area contributed by atoms with E-state index < -0.39 is 0 Å². The van der Waals surface area contributed by atoms with E-state index in [0.29, 0.717) is 0 Å². The van der Waals surface area contributed by atoms with Gasteiger partial charge in [-0.25, -0.2) is 0 Å². The van der Waals surface area contributed by atoms with Gasteiger partial charge in [-0.15, -0.1) is 0 Å². The highest BCUT2D eigenvalue weighted by atomic mass is 27.1. The maximum Gasteiger partial charge on any atom is 0.494 e. The smallest absolute Gasteiger partial charge is 0.494 e. The molecule has 0 aliphatic carbocycles. The van der Waals surface area contributed by atoms with Gasteiger partial charge in [-0.1, -0.05) is 30.3 Å². The molecule has 0 atom stereocenters. The maximum atomic E-state index is 5.42. The number of nitrogens with zero attached hydrogens (tertiary/aromatic N) is 1. The van der Waals surface area contributed by atoms with Crippen molar-refractivity contribution in [2.45, 2.75) is 0 Å². The van der Waals surface area contributed by atoms with Gasteiger partial charge < -0.3 is 3.79 Å². The zero-order chi connectivity index (χ0) is 11.0. The summed E-state index contributed by atoms with van der Waals surface area (Å²) in [5, 5.41) is 3.40. The van der Waals surface area contributed by atoms with Crippen molar-refractivity contribution in [3.63, 3.8) is 0 Å². The quantitative estimate of drug-likeness (QED) is 0.466. The van der Waals surface area contributed by atoms with Gasteiger partial charge in [0, 0.05) is 17.0 Å². The van der Waals surface area contributed by atoms with E-state index in [4.69, 9.17) is 3.79 Å². The standard InChI is InChI=1S/C13H9NO.Al.H/c15-11-5-1-3-9-6-7-10-4-2-8-14-13(10)12(9)11;;/h1-8,15H;;/q;+1;/p-1. The van der Waals surface area contributed by atoms with Crippen LogP contribution in [0.25, 0.3) is 21.7 Å². The SMILES string of the molecule is [AlH][O]c1cccc2ccc3cccnc3c12. The molecular weight excluding hydrogens is 213 g/mol. The van der Waals surface area contributed by atoms with E-state index in [0.717, 1.165) is 27.4 Å². The lowest BCUT2D eigenvalue weighted by atomic mass is 10.1. The summed E-state index contributed by atoms with van der Waals surface area (Å²) in [6.07, 6.45) is 1.82. The average Bonchev–Trinajstić information content (AvgIpc) is 2.37. The van der Waals surface area contributed by atoms with Crippen LogP contribution in [-0.4, -0.2) is 21.6 Å². The van der Waals surface area contributed by atoms with Gasteiger partial charge in [0.1, 0.15) is 0 Å². The summed E-state index contributed by atoms with van der Waals surface area (Å²) < 4.78 is 5.42. The average molecular weight is 222 g/mol. The van der Waals surface area contributed by atoms with E-state index in [1.807, 2.05) is 24.4 Å². The summed E-state index contributed by atoms with van der Waals surface area (Å²) in [5.74, 6) is 0.889. The molecule has 0 N–H and O–H groups in total. The summed E-state index contributed by atoms with van der Waals surface area (Å²) in [6.45, 7) is 0. The predicted octanol–water partition coefficient (Wildman–Crippen LogP) is 2.58.